The Morgan fingerprint density at radius 2 is 1.77 bits per heavy atom. The molecule has 204 valence electrons. The number of hydrogen-bond acceptors (Lipinski definition) is 9. The van der Waals surface area contributed by atoms with Crippen LogP contribution in [0.25, 0.3) is 0 Å². The van der Waals surface area contributed by atoms with Crippen LogP contribution in [-0.4, -0.2) is 66.3 Å². The molecule has 2 saturated heterocycles. The van der Waals surface area contributed by atoms with Gasteiger partial charge in [-0.3, -0.25) is 9.59 Å². The van der Waals surface area contributed by atoms with Crippen LogP contribution in [-0.2, 0) is 0 Å². The van der Waals surface area contributed by atoms with E-state index in [4.69, 9.17) is 10.5 Å². The number of methoxy groups -OCH3 is 1. The van der Waals surface area contributed by atoms with Crippen LogP contribution in [0.4, 0.5) is 17.5 Å². The number of rotatable bonds is 8. The molecule has 2 aliphatic heterocycles. The fourth-order valence-electron chi connectivity index (χ4n) is 5.12. The van der Waals surface area contributed by atoms with Crippen molar-refractivity contribution in [2.75, 3.05) is 43.5 Å². The van der Waals surface area contributed by atoms with E-state index >= 15 is 0 Å². The molecule has 39 heavy (non-hydrogen) atoms. The summed E-state index contributed by atoms with van der Waals surface area (Å²) in [5, 5.41) is 18.0. The third-order valence-electron chi connectivity index (χ3n) is 7.28. The summed E-state index contributed by atoms with van der Waals surface area (Å²) >= 11 is 0. The van der Waals surface area contributed by atoms with Crippen LogP contribution in [0.2, 0.25) is 0 Å². The molecule has 2 aromatic carbocycles. The number of carbonyl (C=O) groups excluding carboxylic acids is 2. The summed E-state index contributed by atoms with van der Waals surface area (Å²) < 4.78 is 5.17. The highest BCUT2D eigenvalue weighted by Gasteiger charge is 2.25. The highest BCUT2D eigenvalue weighted by atomic mass is 16.5. The molecule has 1 atom stereocenters. The molecule has 2 fully saturated rings. The number of hydrogen-bond donors (Lipinski definition) is 4. The average Bonchev–Trinajstić information content (AvgIpc) is 2.98. The largest absolute Gasteiger partial charge is 0.497 e. The van der Waals surface area contributed by atoms with Crippen LogP contribution in [0.15, 0.2) is 48.5 Å². The van der Waals surface area contributed by atoms with E-state index in [0.717, 1.165) is 44.5 Å². The molecule has 3 heterocycles. The number of aromatic nitrogens is 3. The zero-order valence-corrected chi connectivity index (χ0v) is 22.0. The molecule has 1 unspecified atom stereocenters. The summed E-state index contributed by atoms with van der Waals surface area (Å²) in [6, 6.07) is 15.1. The molecule has 0 radical (unpaired) electrons. The number of nitrogens with zero attached hydrogens (tertiary/aromatic N) is 4. The Hall–Kier alpha value is -4.25. The van der Waals surface area contributed by atoms with Crippen LogP contribution in [0.3, 0.4) is 0 Å². The molecule has 2 amide bonds. The summed E-state index contributed by atoms with van der Waals surface area (Å²) in [4.78, 5) is 31.4. The van der Waals surface area contributed by atoms with E-state index in [9.17, 15) is 9.59 Å². The summed E-state index contributed by atoms with van der Waals surface area (Å²) in [5.41, 5.74) is 8.19. The Labute approximate surface area is 227 Å². The van der Waals surface area contributed by atoms with Gasteiger partial charge in [-0.1, -0.05) is 12.1 Å². The fourth-order valence-corrected chi connectivity index (χ4v) is 5.12. The maximum absolute atomic E-state index is 12.8. The molecular formula is C28H34N8O3. The van der Waals surface area contributed by atoms with Crippen molar-refractivity contribution in [3.05, 3.63) is 65.4 Å². The fraction of sp³-hybridized carbons (Fsp3) is 0.393. The number of ether oxygens (including phenoxy) is 1. The van der Waals surface area contributed by atoms with Crippen molar-refractivity contribution >= 4 is 29.3 Å². The van der Waals surface area contributed by atoms with Crippen LogP contribution in [0.5, 0.6) is 5.75 Å². The lowest BCUT2D eigenvalue weighted by atomic mass is 9.90. The maximum atomic E-state index is 12.8. The minimum atomic E-state index is -0.710. The van der Waals surface area contributed by atoms with Crippen LogP contribution in [0.1, 0.15) is 58.0 Å². The first-order chi connectivity index (χ1) is 19.0. The topological polar surface area (TPSA) is 147 Å². The summed E-state index contributed by atoms with van der Waals surface area (Å²) in [5.74, 6) is 1.01. The Kier molecular flexibility index (Phi) is 8.16. The van der Waals surface area contributed by atoms with Gasteiger partial charge < -0.3 is 31.3 Å². The number of benzene rings is 2. The maximum Gasteiger partial charge on any atom is 0.273 e. The van der Waals surface area contributed by atoms with Crippen molar-refractivity contribution in [1.82, 2.24) is 25.8 Å². The minimum Gasteiger partial charge on any atom is -0.497 e. The van der Waals surface area contributed by atoms with Gasteiger partial charge in [0.2, 0.25) is 5.95 Å². The first-order valence-electron chi connectivity index (χ1n) is 13.3. The Balaban J connectivity index is 1.28. The van der Waals surface area contributed by atoms with Gasteiger partial charge in [-0.2, -0.15) is 4.98 Å². The normalized spacial score (nSPS) is 17.9. The van der Waals surface area contributed by atoms with E-state index in [2.05, 4.69) is 43.3 Å². The first-order valence-corrected chi connectivity index (χ1v) is 13.3. The summed E-state index contributed by atoms with van der Waals surface area (Å²) in [6.07, 6.45) is 3.92. The quantitative estimate of drug-likeness (QED) is 0.345. The second-order valence-electron chi connectivity index (χ2n) is 9.93. The molecule has 1 aromatic heterocycles. The number of amides is 2. The molecule has 5 N–H and O–H groups in total. The van der Waals surface area contributed by atoms with E-state index < -0.39 is 5.91 Å². The second-order valence-corrected chi connectivity index (χ2v) is 9.93. The van der Waals surface area contributed by atoms with Gasteiger partial charge in [0.05, 0.1) is 7.11 Å². The van der Waals surface area contributed by atoms with E-state index in [1.807, 2.05) is 17.0 Å². The van der Waals surface area contributed by atoms with Crippen LogP contribution in [0, 0.1) is 0 Å². The second kappa shape index (κ2) is 12.1. The van der Waals surface area contributed by atoms with Gasteiger partial charge in [0, 0.05) is 30.4 Å². The number of carbonyl (C=O) groups is 2. The molecule has 0 aliphatic carbocycles. The molecule has 2 aliphatic rings. The molecule has 0 spiro atoms. The average molecular weight is 531 g/mol. The summed E-state index contributed by atoms with van der Waals surface area (Å²) in [6.45, 7) is 3.29. The number of nitrogens with two attached hydrogens (primary N) is 1. The molecule has 3 aromatic rings. The molecule has 5 rings (SSSR count). The lowest BCUT2D eigenvalue weighted by molar-refractivity contribution is 0.0931. The number of primary amides is 1. The molecule has 11 nitrogen and oxygen atoms in total. The third kappa shape index (κ3) is 6.43. The Morgan fingerprint density at radius 3 is 2.46 bits per heavy atom. The van der Waals surface area contributed by atoms with Gasteiger partial charge in [0.1, 0.15) is 5.75 Å². The predicted octanol–water partition coefficient (Wildman–Crippen LogP) is 2.59. The zero-order chi connectivity index (χ0) is 27.2. The highest BCUT2D eigenvalue weighted by molar-refractivity contribution is 5.96. The monoisotopic (exact) mass is 530 g/mol. The first kappa shape index (κ1) is 26.4. The molecule has 0 bridgehead atoms. The number of piperidine rings is 2. The zero-order valence-electron chi connectivity index (χ0n) is 22.0. The molecule has 0 saturated carbocycles. The lowest BCUT2D eigenvalue weighted by Crippen LogP contribution is -2.48. The predicted molar refractivity (Wildman–Crippen MR) is 149 cm³/mol. The van der Waals surface area contributed by atoms with Crippen molar-refractivity contribution in [3.63, 3.8) is 0 Å². The third-order valence-corrected chi connectivity index (χ3v) is 7.28. The van der Waals surface area contributed by atoms with Crippen molar-refractivity contribution in [2.24, 2.45) is 5.73 Å². The van der Waals surface area contributed by atoms with Crippen LogP contribution < -0.4 is 31.3 Å². The highest BCUT2D eigenvalue weighted by Crippen LogP contribution is 2.28. The SMILES string of the molecule is COc1ccc(C(=O)NC2CCCN(c3nnc(C(N)=O)c(Nc4ccc(C5CCNCC5)cc4)n3)C2)cc1. The van der Waals surface area contributed by atoms with Gasteiger partial charge in [0.15, 0.2) is 11.5 Å². The van der Waals surface area contributed by atoms with Crippen molar-refractivity contribution in [3.8, 4) is 5.75 Å². The van der Waals surface area contributed by atoms with Gasteiger partial charge >= 0.3 is 0 Å². The summed E-state index contributed by atoms with van der Waals surface area (Å²) in [7, 11) is 1.59. The Bertz CT molecular complexity index is 1290. The Morgan fingerprint density at radius 1 is 1.03 bits per heavy atom. The van der Waals surface area contributed by atoms with E-state index in [1.54, 1.807) is 31.4 Å². The van der Waals surface area contributed by atoms with Gasteiger partial charge in [-0.25, -0.2) is 0 Å². The standard InChI is InChI=1S/C28H34N8O3/c1-39-23-10-6-20(7-11-23)27(38)32-22-3-2-16-36(17-22)28-33-26(24(25(29)37)34-35-28)31-21-8-4-18(5-9-21)19-12-14-30-15-13-19/h4-11,19,22,30H,2-3,12-17H2,1H3,(H2,29,37)(H,32,38)(H,31,33,35). The van der Waals surface area contributed by atoms with Crippen LogP contribution >= 0.6 is 0 Å². The van der Waals surface area contributed by atoms with E-state index in [-0.39, 0.29) is 23.5 Å². The number of nitrogens with one attached hydrogen (secondary N) is 3. The van der Waals surface area contributed by atoms with Crippen molar-refractivity contribution < 1.29 is 14.3 Å². The van der Waals surface area contributed by atoms with Gasteiger partial charge in [-0.15, -0.1) is 10.2 Å². The number of anilines is 3. The van der Waals surface area contributed by atoms with Gasteiger partial charge in [0.25, 0.3) is 11.8 Å². The van der Waals surface area contributed by atoms with E-state index in [0.29, 0.717) is 36.3 Å². The molecule has 11 heteroatoms. The smallest absolute Gasteiger partial charge is 0.273 e. The van der Waals surface area contributed by atoms with E-state index in [1.165, 1.54) is 5.56 Å². The molecular weight excluding hydrogens is 496 g/mol. The van der Waals surface area contributed by atoms with Crippen molar-refractivity contribution in [2.45, 2.75) is 37.6 Å². The van der Waals surface area contributed by atoms with Gasteiger partial charge in [-0.05, 0) is 86.7 Å². The minimum absolute atomic E-state index is 0.0254. The lowest BCUT2D eigenvalue weighted by Gasteiger charge is -2.33. The van der Waals surface area contributed by atoms with Crippen molar-refractivity contribution in [1.29, 1.82) is 0 Å².